The van der Waals surface area contributed by atoms with Crippen LogP contribution in [0.5, 0.6) is 0 Å². The SMILES string of the molecule is C#CCCCCNC(=O)[C@H](Cc1ccc(C(=O)c2ccccc2)cc1)NC(=O)c1ccc(NC(=O)CCCCCCC(=O)NO)cc1. The molecular weight excluding hydrogens is 596 g/mol. The van der Waals surface area contributed by atoms with Gasteiger partial charge in [-0.05, 0) is 55.5 Å². The number of hydroxylamine groups is 1. The van der Waals surface area contributed by atoms with Crippen molar-refractivity contribution in [2.75, 3.05) is 11.9 Å². The second-order valence-electron chi connectivity index (χ2n) is 11.1. The van der Waals surface area contributed by atoms with Gasteiger partial charge in [-0.1, -0.05) is 67.4 Å². The molecule has 0 saturated heterocycles. The molecule has 10 nitrogen and oxygen atoms in total. The summed E-state index contributed by atoms with van der Waals surface area (Å²) >= 11 is 0. The molecule has 0 saturated carbocycles. The summed E-state index contributed by atoms with van der Waals surface area (Å²) in [4.78, 5) is 62.5. The van der Waals surface area contributed by atoms with Crippen LogP contribution < -0.4 is 21.4 Å². The van der Waals surface area contributed by atoms with Crippen LogP contribution in [-0.2, 0) is 20.8 Å². The zero-order chi connectivity index (χ0) is 33.9. The van der Waals surface area contributed by atoms with E-state index in [2.05, 4.69) is 21.9 Å². The fourth-order valence-electron chi connectivity index (χ4n) is 4.83. The molecule has 0 unspecified atom stereocenters. The van der Waals surface area contributed by atoms with Crippen LogP contribution in [-0.4, -0.2) is 47.2 Å². The number of rotatable bonds is 19. The van der Waals surface area contributed by atoms with Crippen molar-refractivity contribution in [3.63, 3.8) is 0 Å². The van der Waals surface area contributed by atoms with Gasteiger partial charge in [0.25, 0.3) is 5.91 Å². The molecule has 0 aromatic heterocycles. The van der Waals surface area contributed by atoms with E-state index in [1.165, 1.54) is 0 Å². The maximum absolute atomic E-state index is 13.2. The monoisotopic (exact) mass is 638 g/mol. The molecule has 0 radical (unpaired) electrons. The molecule has 47 heavy (non-hydrogen) atoms. The Morgan fingerprint density at radius 2 is 1.32 bits per heavy atom. The number of carbonyl (C=O) groups excluding carboxylic acids is 5. The highest BCUT2D eigenvalue weighted by Crippen LogP contribution is 2.15. The number of ketones is 1. The van der Waals surface area contributed by atoms with E-state index >= 15 is 0 Å². The fraction of sp³-hybridized carbons (Fsp3) is 0.324. The minimum Gasteiger partial charge on any atom is -0.354 e. The number of nitrogens with one attached hydrogen (secondary N) is 4. The molecule has 0 aliphatic carbocycles. The van der Waals surface area contributed by atoms with Crippen molar-refractivity contribution in [2.45, 2.75) is 70.3 Å². The lowest BCUT2D eigenvalue weighted by molar-refractivity contribution is -0.129. The van der Waals surface area contributed by atoms with E-state index in [1.807, 2.05) is 6.07 Å². The van der Waals surface area contributed by atoms with Crippen LogP contribution >= 0.6 is 0 Å². The second-order valence-corrected chi connectivity index (χ2v) is 11.1. The largest absolute Gasteiger partial charge is 0.354 e. The predicted molar refractivity (Wildman–Crippen MR) is 180 cm³/mol. The van der Waals surface area contributed by atoms with Crippen molar-refractivity contribution < 1.29 is 29.2 Å². The Morgan fingerprint density at radius 3 is 1.96 bits per heavy atom. The van der Waals surface area contributed by atoms with Crippen LogP contribution in [0.4, 0.5) is 5.69 Å². The predicted octanol–water partition coefficient (Wildman–Crippen LogP) is 4.96. The Labute approximate surface area is 275 Å². The van der Waals surface area contributed by atoms with E-state index in [-0.39, 0.29) is 30.4 Å². The van der Waals surface area contributed by atoms with Gasteiger partial charge in [0.2, 0.25) is 17.7 Å². The molecule has 10 heteroatoms. The van der Waals surface area contributed by atoms with Gasteiger partial charge in [0.05, 0.1) is 0 Å². The van der Waals surface area contributed by atoms with E-state index in [4.69, 9.17) is 11.6 Å². The normalized spacial score (nSPS) is 11.1. The lowest BCUT2D eigenvalue weighted by Crippen LogP contribution is -2.48. The van der Waals surface area contributed by atoms with E-state index in [9.17, 15) is 24.0 Å². The van der Waals surface area contributed by atoms with Crippen LogP contribution in [0.1, 0.15) is 89.6 Å². The molecule has 246 valence electrons. The number of terminal acetylenes is 1. The standard InChI is InChI=1S/C37H42N4O6/c1-2-3-4-12-25-38-37(46)32(26-27-17-19-29(20-18-27)35(44)28-13-8-7-9-14-28)40-36(45)30-21-23-31(24-22-30)39-33(42)15-10-5-6-11-16-34(43)41-47/h1,7-9,13-14,17-24,32,47H,3-6,10-12,15-16,25-26H2,(H,38,46)(H,39,42)(H,40,45)(H,41,43)/t32-/m0/s1. The molecular formula is C37H42N4O6. The van der Waals surface area contributed by atoms with Gasteiger partial charge in [-0.3, -0.25) is 29.2 Å². The van der Waals surface area contributed by atoms with Crippen molar-refractivity contribution in [2.24, 2.45) is 0 Å². The van der Waals surface area contributed by atoms with Crippen molar-refractivity contribution >= 4 is 35.1 Å². The number of hydrogen-bond acceptors (Lipinski definition) is 6. The first-order valence-electron chi connectivity index (χ1n) is 15.8. The van der Waals surface area contributed by atoms with Gasteiger partial charge in [-0.2, -0.15) is 0 Å². The number of amides is 4. The molecule has 5 N–H and O–H groups in total. The smallest absolute Gasteiger partial charge is 0.251 e. The fourth-order valence-corrected chi connectivity index (χ4v) is 4.83. The molecule has 3 rings (SSSR count). The highest BCUT2D eigenvalue weighted by Gasteiger charge is 2.22. The summed E-state index contributed by atoms with van der Waals surface area (Å²) in [5.41, 5.74) is 4.34. The molecule has 3 aromatic rings. The Hall–Kier alpha value is -5.27. The van der Waals surface area contributed by atoms with Gasteiger partial charge in [-0.15, -0.1) is 12.3 Å². The van der Waals surface area contributed by atoms with Crippen LogP contribution in [0, 0.1) is 12.3 Å². The maximum atomic E-state index is 13.2. The molecule has 4 amide bonds. The lowest BCUT2D eigenvalue weighted by atomic mass is 9.99. The third-order valence-corrected chi connectivity index (χ3v) is 7.47. The van der Waals surface area contributed by atoms with E-state index in [1.54, 1.807) is 78.3 Å². The van der Waals surface area contributed by atoms with Crippen LogP contribution in [0.2, 0.25) is 0 Å². The van der Waals surface area contributed by atoms with Gasteiger partial charge in [0.15, 0.2) is 5.78 Å². The van der Waals surface area contributed by atoms with Crippen LogP contribution in [0.3, 0.4) is 0 Å². The van der Waals surface area contributed by atoms with E-state index in [0.29, 0.717) is 61.0 Å². The third-order valence-electron chi connectivity index (χ3n) is 7.47. The summed E-state index contributed by atoms with van der Waals surface area (Å²) in [6, 6.07) is 21.5. The summed E-state index contributed by atoms with van der Waals surface area (Å²) < 4.78 is 0. The number of benzene rings is 3. The van der Waals surface area contributed by atoms with E-state index < -0.39 is 17.9 Å². The Balaban J connectivity index is 1.57. The molecule has 0 bridgehead atoms. The highest BCUT2D eigenvalue weighted by atomic mass is 16.5. The first kappa shape index (κ1) is 36.2. The maximum Gasteiger partial charge on any atom is 0.251 e. The lowest BCUT2D eigenvalue weighted by Gasteiger charge is -2.19. The molecule has 0 fully saturated rings. The van der Waals surface area contributed by atoms with Crippen LogP contribution in [0.15, 0.2) is 78.9 Å². The van der Waals surface area contributed by atoms with Gasteiger partial charge in [0, 0.05) is 54.6 Å². The number of unbranched alkanes of at least 4 members (excludes halogenated alkanes) is 5. The molecule has 0 spiro atoms. The first-order valence-corrected chi connectivity index (χ1v) is 15.8. The topological polar surface area (TPSA) is 154 Å². The molecule has 0 aliphatic rings. The molecule has 3 aromatic carbocycles. The van der Waals surface area contributed by atoms with Gasteiger partial charge >= 0.3 is 0 Å². The minimum absolute atomic E-state index is 0.103. The summed E-state index contributed by atoms with van der Waals surface area (Å²) in [5.74, 6) is 1.12. The number of carbonyl (C=O) groups is 5. The van der Waals surface area contributed by atoms with Crippen LogP contribution in [0.25, 0.3) is 0 Å². The van der Waals surface area contributed by atoms with E-state index in [0.717, 1.165) is 24.8 Å². The third kappa shape index (κ3) is 12.9. The highest BCUT2D eigenvalue weighted by molar-refractivity contribution is 6.09. The van der Waals surface area contributed by atoms with Crippen molar-refractivity contribution in [3.05, 3.63) is 101 Å². The van der Waals surface area contributed by atoms with Gasteiger partial charge < -0.3 is 16.0 Å². The van der Waals surface area contributed by atoms with Gasteiger partial charge in [-0.25, -0.2) is 5.48 Å². The summed E-state index contributed by atoms with van der Waals surface area (Å²) in [6.07, 6.45) is 11.0. The zero-order valence-electron chi connectivity index (χ0n) is 26.4. The Morgan fingerprint density at radius 1 is 0.702 bits per heavy atom. The minimum atomic E-state index is -0.872. The number of anilines is 1. The molecule has 0 aliphatic heterocycles. The zero-order valence-corrected chi connectivity index (χ0v) is 26.4. The average Bonchev–Trinajstić information content (AvgIpc) is 3.09. The molecule has 1 atom stereocenters. The van der Waals surface area contributed by atoms with Crippen molar-refractivity contribution in [1.82, 2.24) is 16.1 Å². The summed E-state index contributed by atoms with van der Waals surface area (Å²) in [7, 11) is 0. The average molecular weight is 639 g/mol. The van der Waals surface area contributed by atoms with Crippen molar-refractivity contribution in [3.8, 4) is 12.3 Å². The van der Waals surface area contributed by atoms with Gasteiger partial charge in [0.1, 0.15) is 6.04 Å². The first-order chi connectivity index (χ1) is 22.8. The quantitative estimate of drug-likeness (QED) is 0.0411. The van der Waals surface area contributed by atoms with Crippen molar-refractivity contribution in [1.29, 1.82) is 0 Å². The Kier molecular flexibility index (Phi) is 15.4. The summed E-state index contributed by atoms with van der Waals surface area (Å²) in [6.45, 7) is 0.423. The second kappa shape index (κ2) is 20.0. The number of hydrogen-bond donors (Lipinski definition) is 5. The summed E-state index contributed by atoms with van der Waals surface area (Å²) in [5, 5.41) is 17.0. The Bertz CT molecular complexity index is 1520. The molecule has 0 heterocycles.